The average molecular weight is 445 g/mol. The lowest BCUT2D eigenvalue weighted by Crippen LogP contribution is -2.36. The number of benzene rings is 2. The van der Waals surface area contributed by atoms with Gasteiger partial charge in [-0.25, -0.2) is 4.68 Å². The van der Waals surface area contributed by atoms with E-state index in [1.807, 2.05) is 47.1 Å². The molecular weight excluding hydrogens is 416 g/mol. The van der Waals surface area contributed by atoms with E-state index in [-0.39, 0.29) is 11.6 Å². The molecule has 1 aliphatic heterocycles. The zero-order valence-electron chi connectivity index (χ0n) is 18.8. The van der Waals surface area contributed by atoms with Crippen molar-refractivity contribution in [1.29, 1.82) is 0 Å². The number of likely N-dealkylation sites (tertiary alicyclic amines) is 1. The summed E-state index contributed by atoms with van der Waals surface area (Å²) in [5, 5.41) is 13.7. The van der Waals surface area contributed by atoms with Crippen molar-refractivity contribution in [1.82, 2.24) is 30.1 Å². The van der Waals surface area contributed by atoms with Crippen LogP contribution in [0.5, 0.6) is 5.75 Å². The van der Waals surface area contributed by atoms with Gasteiger partial charge >= 0.3 is 0 Å². The Balaban J connectivity index is 1.63. The van der Waals surface area contributed by atoms with Crippen LogP contribution in [0.1, 0.15) is 48.7 Å². The zero-order valence-corrected chi connectivity index (χ0v) is 18.8. The number of nitrogens with zero attached hydrogens (tertiary/aromatic N) is 5. The van der Waals surface area contributed by atoms with Crippen molar-refractivity contribution in [2.45, 2.75) is 38.3 Å². The van der Waals surface area contributed by atoms with Crippen molar-refractivity contribution in [2.24, 2.45) is 0 Å². The smallest absolute Gasteiger partial charge is 0.253 e. The van der Waals surface area contributed by atoms with Crippen LogP contribution in [0.15, 0.2) is 59.4 Å². The van der Waals surface area contributed by atoms with Crippen LogP contribution in [-0.2, 0) is 6.54 Å². The van der Waals surface area contributed by atoms with E-state index in [9.17, 15) is 4.79 Å². The first-order valence-electron chi connectivity index (χ1n) is 11.5. The van der Waals surface area contributed by atoms with Crippen LogP contribution in [0, 0.1) is 0 Å². The molecule has 1 N–H and O–H groups in total. The Bertz CT molecular complexity index is 1280. The Labute approximate surface area is 192 Å². The van der Waals surface area contributed by atoms with Crippen LogP contribution in [0.4, 0.5) is 0 Å². The second-order valence-electron chi connectivity index (χ2n) is 8.54. The molecule has 0 aliphatic carbocycles. The third kappa shape index (κ3) is 4.52. The fourth-order valence-electron chi connectivity index (χ4n) is 4.66. The number of aromatic amines is 1. The van der Waals surface area contributed by atoms with Gasteiger partial charge in [-0.2, -0.15) is 0 Å². The van der Waals surface area contributed by atoms with Crippen molar-refractivity contribution in [3.63, 3.8) is 0 Å². The normalized spacial score (nSPS) is 15.9. The van der Waals surface area contributed by atoms with Gasteiger partial charge in [-0.1, -0.05) is 43.2 Å². The van der Waals surface area contributed by atoms with Crippen LogP contribution >= 0.6 is 0 Å². The number of rotatable bonds is 6. The van der Waals surface area contributed by atoms with E-state index in [0.29, 0.717) is 17.9 Å². The zero-order chi connectivity index (χ0) is 22.6. The van der Waals surface area contributed by atoms with E-state index in [1.54, 1.807) is 7.11 Å². The van der Waals surface area contributed by atoms with E-state index >= 15 is 0 Å². The second kappa shape index (κ2) is 9.54. The summed E-state index contributed by atoms with van der Waals surface area (Å²) in [6.07, 6.45) is 4.58. The van der Waals surface area contributed by atoms with Gasteiger partial charge in [0.15, 0.2) is 5.82 Å². The number of pyridine rings is 1. The first-order chi connectivity index (χ1) is 16.2. The van der Waals surface area contributed by atoms with Crippen molar-refractivity contribution < 1.29 is 4.74 Å². The van der Waals surface area contributed by atoms with Gasteiger partial charge in [0, 0.05) is 16.5 Å². The third-order valence-electron chi connectivity index (χ3n) is 6.36. The molecule has 8 nitrogen and oxygen atoms in total. The molecule has 170 valence electrons. The Hall–Kier alpha value is -3.52. The molecule has 4 aromatic rings. The molecule has 0 spiro atoms. The number of hydrogen-bond donors (Lipinski definition) is 1. The molecule has 5 rings (SSSR count). The molecule has 33 heavy (non-hydrogen) atoms. The molecule has 1 atom stereocenters. The molecule has 0 radical (unpaired) electrons. The summed E-state index contributed by atoms with van der Waals surface area (Å²) in [7, 11) is 1.64. The number of H-pyrrole nitrogens is 1. The van der Waals surface area contributed by atoms with Gasteiger partial charge in [0.1, 0.15) is 11.8 Å². The third-order valence-corrected chi connectivity index (χ3v) is 6.36. The Kier molecular flexibility index (Phi) is 6.17. The number of methoxy groups -OCH3 is 1. The molecule has 2 aromatic heterocycles. The lowest BCUT2D eigenvalue weighted by Gasteiger charge is -2.29. The van der Waals surface area contributed by atoms with E-state index < -0.39 is 0 Å². The molecule has 1 saturated heterocycles. The number of tetrazole rings is 1. The fraction of sp³-hybridized carbons (Fsp3) is 0.360. The van der Waals surface area contributed by atoms with Crippen molar-refractivity contribution >= 4 is 10.9 Å². The van der Waals surface area contributed by atoms with Crippen LogP contribution in [0.3, 0.4) is 0 Å². The van der Waals surface area contributed by atoms with Crippen molar-refractivity contribution in [3.05, 3.63) is 81.9 Å². The number of hydrogen-bond acceptors (Lipinski definition) is 6. The summed E-state index contributed by atoms with van der Waals surface area (Å²) in [6, 6.07) is 17.4. The lowest BCUT2D eigenvalue weighted by molar-refractivity contribution is 0.220. The van der Waals surface area contributed by atoms with Gasteiger partial charge in [-0.3, -0.25) is 9.69 Å². The number of ether oxygens (including phenoxy) is 1. The van der Waals surface area contributed by atoms with Gasteiger partial charge in [0.2, 0.25) is 0 Å². The van der Waals surface area contributed by atoms with E-state index in [0.717, 1.165) is 48.1 Å². The minimum absolute atomic E-state index is 0.115. The van der Waals surface area contributed by atoms with Gasteiger partial charge in [0.25, 0.3) is 5.56 Å². The SMILES string of the molecule is COc1ccc2[nH]c(=O)c(C(c3nnnn3Cc3ccccc3)N3CCCCCC3)cc2c1. The molecule has 0 bridgehead atoms. The molecular formula is C25H28N6O2. The van der Waals surface area contributed by atoms with Crippen LogP contribution < -0.4 is 10.3 Å². The highest BCUT2D eigenvalue weighted by molar-refractivity contribution is 5.80. The summed E-state index contributed by atoms with van der Waals surface area (Å²) >= 11 is 0. The fourth-order valence-corrected chi connectivity index (χ4v) is 4.66. The second-order valence-corrected chi connectivity index (χ2v) is 8.54. The molecule has 1 unspecified atom stereocenters. The Morgan fingerprint density at radius 2 is 1.82 bits per heavy atom. The largest absolute Gasteiger partial charge is 0.497 e. The van der Waals surface area contributed by atoms with Crippen molar-refractivity contribution in [3.8, 4) is 5.75 Å². The summed E-state index contributed by atoms with van der Waals surface area (Å²) in [5.74, 6) is 1.44. The number of fused-ring (bicyclic) bond motifs is 1. The minimum Gasteiger partial charge on any atom is -0.497 e. The van der Waals surface area contributed by atoms with Crippen molar-refractivity contribution in [2.75, 3.05) is 20.2 Å². The predicted octanol–water partition coefficient (Wildman–Crippen LogP) is 3.54. The molecule has 1 aliphatic rings. The summed E-state index contributed by atoms with van der Waals surface area (Å²) in [5.41, 5.74) is 2.43. The van der Waals surface area contributed by atoms with E-state index in [4.69, 9.17) is 4.74 Å². The van der Waals surface area contributed by atoms with E-state index in [2.05, 4.69) is 37.5 Å². The first kappa shape index (κ1) is 21.3. The molecule has 2 aromatic carbocycles. The number of aromatic nitrogens is 5. The summed E-state index contributed by atoms with van der Waals surface area (Å²) in [6.45, 7) is 2.35. The molecule has 0 amide bonds. The minimum atomic E-state index is -0.332. The molecule has 1 fully saturated rings. The van der Waals surface area contributed by atoms with Gasteiger partial charge < -0.3 is 9.72 Å². The average Bonchev–Trinajstić information content (AvgIpc) is 3.11. The van der Waals surface area contributed by atoms with E-state index in [1.165, 1.54) is 12.8 Å². The molecule has 8 heteroatoms. The maximum Gasteiger partial charge on any atom is 0.253 e. The Morgan fingerprint density at radius 1 is 1.03 bits per heavy atom. The number of nitrogens with one attached hydrogen (secondary N) is 1. The van der Waals surface area contributed by atoms with Gasteiger partial charge in [-0.15, -0.1) is 5.10 Å². The first-order valence-corrected chi connectivity index (χ1v) is 11.5. The summed E-state index contributed by atoms with van der Waals surface area (Å²) < 4.78 is 7.22. The van der Waals surface area contributed by atoms with Gasteiger partial charge in [0.05, 0.1) is 13.7 Å². The maximum absolute atomic E-state index is 13.3. The maximum atomic E-state index is 13.3. The highest BCUT2D eigenvalue weighted by Gasteiger charge is 2.30. The highest BCUT2D eigenvalue weighted by Crippen LogP contribution is 2.30. The molecule has 3 heterocycles. The summed E-state index contributed by atoms with van der Waals surface area (Å²) in [4.78, 5) is 18.7. The standard InChI is InChI=1S/C25H28N6O2/c1-33-20-11-12-22-19(15-20)16-21(25(32)26-22)23(30-13-7-2-3-8-14-30)24-27-28-29-31(24)17-18-9-5-4-6-10-18/h4-6,9-12,15-16,23H,2-3,7-8,13-14,17H2,1H3,(H,26,32). The quantitative estimate of drug-likeness (QED) is 0.489. The van der Waals surface area contributed by atoms with Crippen LogP contribution in [0.2, 0.25) is 0 Å². The predicted molar refractivity (Wildman–Crippen MR) is 126 cm³/mol. The Morgan fingerprint density at radius 3 is 2.58 bits per heavy atom. The lowest BCUT2D eigenvalue weighted by atomic mass is 10.0. The topological polar surface area (TPSA) is 88.9 Å². The van der Waals surface area contributed by atoms with Crippen LogP contribution in [0.25, 0.3) is 10.9 Å². The monoisotopic (exact) mass is 444 g/mol. The van der Waals surface area contributed by atoms with Crippen LogP contribution in [-0.4, -0.2) is 50.3 Å². The molecule has 0 saturated carbocycles. The van der Waals surface area contributed by atoms with Gasteiger partial charge in [-0.05, 0) is 66.2 Å². The highest BCUT2D eigenvalue weighted by atomic mass is 16.5.